The largest absolute Gasteiger partial charge is 0.367 e. The Labute approximate surface area is 141 Å². The van der Waals surface area contributed by atoms with Crippen LogP contribution < -0.4 is 0 Å². The van der Waals surface area contributed by atoms with Gasteiger partial charge in [-0.1, -0.05) is 0 Å². The summed E-state index contributed by atoms with van der Waals surface area (Å²) >= 11 is 0. The van der Waals surface area contributed by atoms with E-state index in [9.17, 15) is 0 Å². The average molecular weight is 318 g/mol. The predicted molar refractivity (Wildman–Crippen MR) is 98.6 cm³/mol. The Morgan fingerprint density at radius 1 is 0.917 bits per heavy atom. The maximum atomic E-state index is 3.66. The first-order chi connectivity index (χ1) is 11.6. The number of hydrogen-bond acceptors (Lipinski definition) is 0. The van der Waals surface area contributed by atoms with E-state index in [1.165, 1.54) is 44.8 Å². The lowest BCUT2D eigenvalue weighted by molar-refractivity contribution is 1.02. The van der Waals surface area contributed by atoms with Crippen LogP contribution in [0.3, 0.4) is 0 Å². The van der Waals surface area contributed by atoms with Crippen LogP contribution in [0, 0.1) is 27.7 Å². The van der Waals surface area contributed by atoms with E-state index in [2.05, 4.69) is 77.9 Å². The lowest BCUT2D eigenvalue weighted by atomic mass is 10.0. The van der Waals surface area contributed by atoms with Gasteiger partial charge in [0, 0.05) is 42.1 Å². The Morgan fingerprint density at radius 3 is 2.33 bits per heavy atom. The second-order valence-corrected chi connectivity index (χ2v) is 6.53. The van der Waals surface area contributed by atoms with E-state index in [0.29, 0.717) is 0 Å². The molecule has 4 aromatic rings. The van der Waals surface area contributed by atoms with Gasteiger partial charge in [0.1, 0.15) is 5.82 Å². The monoisotopic (exact) mass is 318 g/mol. The molecule has 0 saturated carbocycles. The summed E-state index contributed by atoms with van der Waals surface area (Å²) in [6.07, 6.45) is 10.4. The van der Waals surface area contributed by atoms with Gasteiger partial charge in [-0.25, -0.2) is 0 Å². The lowest BCUT2D eigenvalue weighted by Gasteiger charge is -2.06. The van der Waals surface area contributed by atoms with Crippen molar-refractivity contribution in [2.24, 2.45) is 0 Å². The van der Waals surface area contributed by atoms with E-state index in [1.807, 2.05) is 12.4 Å². The zero-order valence-corrected chi connectivity index (χ0v) is 14.5. The molecule has 0 unspecified atom stereocenters. The van der Waals surface area contributed by atoms with Crippen molar-refractivity contribution in [3.8, 4) is 28.3 Å². The van der Waals surface area contributed by atoms with Crippen molar-refractivity contribution < 1.29 is 0 Å². The highest BCUT2D eigenvalue weighted by Gasteiger charge is 2.21. The fourth-order valence-corrected chi connectivity index (χ4v) is 3.42. The molecule has 4 heterocycles. The van der Waals surface area contributed by atoms with Crippen LogP contribution in [-0.4, -0.2) is 19.5 Å². The van der Waals surface area contributed by atoms with Crippen molar-refractivity contribution in [1.29, 1.82) is 0 Å². The Bertz CT molecular complexity index is 1010. The van der Waals surface area contributed by atoms with Crippen molar-refractivity contribution in [3.63, 3.8) is 0 Å². The summed E-state index contributed by atoms with van der Waals surface area (Å²) in [6, 6.07) is 4.25. The summed E-state index contributed by atoms with van der Waals surface area (Å²) in [6.45, 7) is 8.58. The molecule has 122 valence electrons. The summed E-state index contributed by atoms with van der Waals surface area (Å²) in [4.78, 5) is 10.3. The maximum absolute atomic E-state index is 3.66. The van der Waals surface area contributed by atoms with Crippen LogP contribution in [0.5, 0.6) is 0 Å². The number of rotatable bonds is 3. The quantitative estimate of drug-likeness (QED) is 0.474. The van der Waals surface area contributed by atoms with Crippen molar-refractivity contribution in [3.05, 3.63) is 65.4 Å². The minimum absolute atomic E-state index is 1.10. The molecule has 0 bridgehead atoms. The van der Waals surface area contributed by atoms with Gasteiger partial charge in [-0.2, -0.15) is 0 Å². The van der Waals surface area contributed by atoms with Gasteiger partial charge >= 0.3 is 0 Å². The second kappa shape index (κ2) is 5.34. The molecule has 4 rings (SSSR count). The van der Waals surface area contributed by atoms with Gasteiger partial charge in [-0.15, -0.1) is 0 Å². The first kappa shape index (κ1) is 14.7. The number of aromatic nitrogens is 4. The molecule has 4 aromatic heterocycles. The molecular formula is C20H22N4. The van der Waals surface area contributed by atoms with Crippen molar-refractivity contribution in [2.45, 2.75) is 27.7 Å². The van der Waals surface area contributed by atoms with Gasteiger partial charge in [0.15, 0.2) is 0 Å². The summed E-state index contributed by atoms with van der Waals surface area (Å²) in [5, 5.41) is 0. The van der Waals surface area contributed by atoms with Crippen molar-refractivity contribution in [2.75, 3.05) is 0 Å². The lowest BCUT2D eigenvalue weighted by Crippen LogP contribution is -1.94. The van der Waals surface area contributed by atoms with Crippen LogP contribution in [0.2, 0.25) is 0 Å². The average Bonchev–Trinajstić information content (AvgIpc) is 3.29. The summed E-state index contributed by atoms with van der Waals surface area (Å²) in [5.74, 6) is 1.10. The number of aryl methyl sites for hydroxylation is 3. The SMILES string of the molecule is Cc1ccn(-c2[nH]c(-c3c[nH]cc3C)c(C)c2-c2[nH]ccc2C)c1. The Balaban J connectivity index is 2.02. The van der Waals surface area contributed by atoms with E-state index >= 15 is 0 Å². The number of aromatic amines is 3. The number of H-pyrrole nitrogens is 3. The molecule has 0 spiro atoms. The molecule has 0 aliphatic rings. The molecule has 24 heavy (non-hydrogen) atoms. The third-order valence-electron chi connectivity index (χ3n) is 4.76. The molecule has 0 amide bonds. The van der Waals surface area contributed by atoms with Gasteiger partial charge in [0.25, 0.3) is 0 Å². The van der Waals surface area contributed by atoms with Crippen LogP contribution in [-0.2, 0) is 0 Å². The van der Waals surface area contributed by atoms with Gasteiger partial charge in [-0.3, -0.25) is 0 Å². The highest BCUT2D eigenvalue weighted by molar-refractivity contribution is 5.83. The fraction of sp³-hybridized carbons (Fsp3) is 0.200. The first-order valence-electron chi connectivity index (χ1n) is 8.22. The van der Waals surface area contributed by atoms with Crippen molar-refractivity contribution in [1.82, 2.24) is 19.5 Å². The van der Waals surface area contributed by atoms with Gasteiger partial charge in [-0.05, 0) is 62.1 Å². The van der Waals surface area contributed by atoms with Gasteiger partial charge in [0.05, 0.1) is 11.4 Å². The van der Waals surface area contributed by atoms with E-state index in [0.717, 1.165) is 5.82 Å². The third kappa shape index (κ3) is 2.14. The smallest absolute Gasteiger partial charge is 0.124 e. The maximum Gasteiger partial charge on any atom is 0.124 e. The zero-order chi connectivity index (χ0) is 16.8. The molecule has 0 radical (unpaired) electrons. The van der Waals surface area contributed by atoms with Gasteiger partial charge in [0.2, 0.25) is 0 Å². The third-order valence-corrected chi connectivity index (χ3v) is 4.76. The predicted octanol–water partition coefficient (Wildman–Crippen LogP) is 5.03. The van der Waals surface area contributed by atoms with E-state index in [4.69, 9.17) is 0 Å². The van der Waals surface area contributed by atoms with E-state index in [-0.39, 0.29) is 0 Å². The van der Waals surface area contributed by atoms with Crippen LogP contribution in [0.15, 0.2) is 43.1 Å². The normalized spacial score (nSPS) is 11.3. The molecule has 0 aliphatic carbocycles. The minimum Gasteiger partial charge on any atom is -0.367 e. The molecule has 0 fully saturated rings. The zero-order valence-electron chi connectivity index (χ0n) is 14.5. The highest BCUT2D eigenvalue weighted by Crippen LogP contribution is 2.38. The Kier molecular flexibility index (Phi) is 3.27. The summed E-state index contributed by atoms with van der Waals surface area (Å²) < 4.78 is 2.17. The molecule has 0 aromatic carbocycles. The minimum atomic E-state index is 1.10. The van der Waals surface area contributed by atoms with Crippen LogP contribution in [0.1, 0.15) is 22.3 Å². The number of nitrogens with one attached hydrogen (secondary N) is 3. The van der Waals surface area contributed by atoms with Crippen molar-refractivity contribution >= 4 is 0 Å². The summed E-state index contributed by atoms with van der Waals surface area (Å²) in [5.41, 5.74) is 9.77. The molecule has 0 saturated heterocycles. The van der Waals surface area contributed by atoms with Crippen LogP contribution >= 0.6 is 0 Å². The van der Waals surface area contributed by atoms with E-state index < -0.39 is 0 Å². The topological polar surface area (TPSA) is 52.3 Å². The molecule has 0 aliphatic heterocycles. The number of nitrogens with zero attached hydrogens (tertiary/aromatic N) is 1. The number of hydrogen-bond donors (Lipinski definition) is 3. The Morgan fingerprint density at radius 2 is 1.75 bits per heavy atom. The van der Waals surface area contributed by atoms with E-state index in [1.54, 1.807) is 0 Å². The van der Waals surface area contributed by atoms with Crippen LogP contribution in [0.25, 0.3) is 28.3 Å². The first-order valence-corrected chi connectivity index (χ1v) is 8.22. The molecule has 0 atom stereocenters. The van der Waals surface area contributed by atoms with Crippen LogP contribution in [0.4, 0.5) is 0 Å². The molecule has 4 nitrogen and oxygen atoms in total. The second-order valence-electron chi connectivity index (χ2n) is 6.53. The van der Waals surface area contributed by atoms with Gasteiger partial charge < -0.3 is 19.5 Å². The molecule has 4 heteroatoms. The summed E-state index contributed by atoms with van der Waals surface area (Å²) in [7, 11) is 0. The standard InChI is InChI=1S/C20H22N4/c1-12-6-8-24(11-12)20-17(18-13(2)5-7-22-18)15(4)19(23-20)16-10-21-9-14(16)3/h5-11,21-23H,1-4H3. The molecule has 3 N–H and O–H groups in total. The fourth-order valence-electron chi connectivity index (χ4n) is 3.42. The Hall–Kier alpha value is -2.88. The molecular weight excluding hydrogens is 296 g/mol. The highest BCUT2D eigenvalue weighted by atomic mass is 15.1.